The van der Waals surface area contributed by atoms with E-state index in [2.05, 4.69) is 20.5 Å². The Balaban J connectivity index is 1.86. The number of amides is 2. The normalized spacial score (nSPS) is 11.0. The number of alkyl halides is 3. The average molecular weight is 566 g/mol. The predicted molar refractivity (Wildman–Crippen MR) is 137 cm³/mol. The van der Waals surface area contributed by atoms with Crippen LogP contribution in [0.3, 0.4) is 0 Å². The van der Waals surface area contributed by atoms with Gasteiger partial charge in [0.25, 0.3) is 5.91 Å². The number of Topliss-reactive ketones (excluding diaryl/α,β-unsaturated/α-hetero) is 1. The lowest BCUT2D eigenvalue weighted by molar-refractivity contribution is -0.137. The maximum Gasteiger partial charge on any atom is 0.417 e. The molecule has 0 fully saturated rings. The standard InChI is InChI=1S/C27H17F3N4O7/c1-12(35)16-10-22-19(9-17(16)15-5-4-14(32-26(39)40-2)8-20(15)27(28,29)30)23(34-41-22)24(36)33-21-6-3-13(11-31)7-18(21)25(37)38/h3-10H,1-2H3,(H,32,39)(H,33,36)(H,37,38). The lowest BCUT2D eigenvalue weighted by atomic mass is 9.91. The second-order valence-corrected chi connectivity index (χ2v) is 8.49. The summed E-state index contributed by atoms with van der Waals surface area (Å²) in [7, 11) is 1.04. The number of halogens is 3. The molecule has 1 heterocycles. The number of fused-ring (bicyclic) bond motifs is 1. The van der Waals surface area contributed by atoms with E-state index in [4.69, 9.17) is 9.78 Å². The van der Waals surface area contributed by atoms with E-state index in [0.29, 0.717) is 6.07 Å². The molecule has 0 aliphatic carbocycles. The van der Waals surface area contributed by atoms with Gasteiger partial charge in [-0.1, -0.05) is 11.2 Å². The van der Waals surface area contributed by atoms with Gasteiger partial charge in [0.1, 0.15) is 0 Å². The fourth-order valence-corrected chi connectivity index (χ4v) is 4.00. The summed E-state index contributed by atoms with van der Waals surface area (Å²) >= 11 is 0. The topological polar surface area (TPSA) is 172 Å². The largest absolute Gasteiger partial charge is 0.478 e. The van der Waals surface area contributed by atoms with Gasteiger partial charge in [0.15, 0.2) is 17.1 Å². The third kappa shape index (κ3) is 5.69. The Labute approximate surface area is 228 Å². The molecule has 3 aromatic carbocycles. The van der Waals surface area contributed by atoms with Crippen molar-refractivity contribution in [3.8, 4) is 17.2 Å². The number of nitrogens with one attached hydrogen (secondary N) is 2. The number of nitriles is 1. The summed E-state index contributed by atoms with van der Waals surface area (Å²) in [5, 5.41) is 26.6. The first-order valence-electron chi connectivity index (χ1n) is 11.4. The van der Waals surface area contributed by atoms with E-state index in [-0.39, 0.29) is 44.6 Å². The molecule has 3 N–H and O–H groups in total. The van der Waals surface area contributed by atoms with Crippen molar-refractivity contribution < 1.29 is 46.7 Å². The zero-order valence-electron chi connectivity index (χ0n) is 21.0. The Morgan fingerprint density at radius 3 is 2.34 bits per heavy atom. The van der Waals surface area contributed by atoms with Gasteiger partial charge < -0.3 is 19.7 Å². The van der Waals surface area contributed by atoms with Crippen molar-refractivity contribution >= 4 is 46.1 Å². The number of carboxylic acid groups (broad SMARTS) is 1. The first-order chi connectivity index (χ1) is 19.3. The molecule has 0 spiro atoms. The van der Waals surface area contributed by atoms with Gasteiger partial charge >= 0.3 is 18.2 Å². The molecule has 0 aliphatic heterocycles. The van der Waals surface area contributed by atoms with Crippen LogP contribution in [0.4, 0.5) is 29.3 Å². The molecular weight excluding hydrogens is 549 g/mol. The molecule has 0 unspecified atom stereocenters. The molecule has 0 bridgehead atoms. The molecule has 208 valence electrons. The highest BCUT2D eigenvalue weighted by molar-refractivity contribution is 6.14. The third-order valence-electron chi connectivity index (χ3n) is 5.88. The highest BCUT2D eigenvalue weighted by Crippen LogP contribution is 2.41. The smallest absolute Gasteiger partial charge is 0.417 e. The molecule has 11 nitrogen and oxygen atoms in total. The lowest BCUT2D eigenvalue weighted by Crippen LogP contribution is -2.16. The number of aromatic nitrogens is 1. The van der Waals surface area contributed by atoms with Crippen molar-refractivity contribution in [2.24, 2.45) is 0 Å². The number of aromatic carboxylic acids is 1. The van der Waals surface area contributed by atoms with Crippen molar-refractivity contribution in [1.82, 2.24) is 5.16 Å². The number of hydrogen-bond donors (Lipinski definition) is 3. The Kier molecular flexibility index (Phi) is 7.46. The lowest BCUT2D eigenvalue weighted by Gasteiger charge is -2.17. The molecule has 41 heavy (non-hydrogen) atoms. The van der Waals surface area contributed by atoms with E-state index >= 15 is 0 Å². The van der Waals surface area contributed by atoms with Gasteiger partial charge in [0.05, 0.1) is 40.9 Å². The number of carboxylic acids is 1. The van der Waals surface area contributed by atoms with Crippen LogP contribution in [0.15, 0.2) is 53.1 Å². The van der Waals surface area contributed by atoms with E-state index in [1.165, 1.54) is 18.2 Å². The number of ether oxygens (including phenoxy) is 1. The van der Waals surface area contributed by atoms with E-state index in [1.54, 1.807) is 6.07 Å². The van der Waals surface area contributed by atoms with Crippen LogP contribution in [0.1, 0.15) is 49.3 Å². The van der Waals surface area contributed by atoms with Crippen LogP contribution in [0.25, 0.3) is 22.1 Å². The fraction of sp³-hybridized carbons (Fsp3) is 0.111. The first-order valence-corrected chi connectivity index (χ1v) is 11.4. The maximum atomic E-state index is 14.1. The number of anilines is 2. The van der Waals surface area contributed by atoms with Gasteiger partial charge in [-0.25, -0.2) is 9.59 Å². The van der Waals surface area contributed by atoms with Crippen molar-refractivity contribution in [2.75, 3.05) is 17.7 Å². The van der Waals surface area contributed by atoms with Gasteiger partial charge in [-0.15, -0.1) is 0 Å². The predicted octanol–water partition coefficient (Wildman–Crippen LogP) is 5.72. The molecule has 0 saturated heterocycles. The van der Waals surface area contributed by atoms with E-state index in [9.17, 15) is 37.5 Å². The highest BCUT2D eigenvalue weighted by atomic mass is 19.4. The minimum atomic E-state index is -4.93. The molecule has 1 aromatic heterocycles. The van der Waals surface area contributed by atoms with Gasteiger partial charge in [-0.2, -0.15) is 18.4 Å². The Hall–Kier alpha value is -5.71. The summed E-state index contributed by atoms with van der Waals surface area (Å²) in [5.74, 6) is -3.01. The summed E-state index contributed by atoms with van der Waals surface area (Å²) in [4.78, 5) is 48.7. The van der Waals surface area contributed by atoms with E-state index in [0.717, 1.165) is 38.3 Å². The summed E-state index contributed by atoms with van der Waals surface area (Å²) in [6, 6.07) is 10.5. The molecule has 0 radical (unpaired) electrons. The number of carbonyl (C=O) groups excluding carboxylic acids is 3. The number of methoxy groups -OCH3 is 1. The second-order valence-electron chi connectivity index (χ2n) is 8.49. The Bertz CT molecular complexity index is 1790. The van der Waals surface area contributed by atoms with Crippen LogP contribution in [0, 0.1) is 11.3 Å². The number of hydrogen-bond acceptors (Lipinski definition) is 8. The zero-order chi connectivity index (χ0) is 30.1. The van der Waals surface area contributed by atoms with Crippen molar-refractivity contribution in [3.63, 3.8) is 0 Å². The summed E-state index contributed by atoms with van der Waals surface area (Å²) < 4.78 is 52.0. The molecule has 0 aliphatic rings. The quantitative estimate of drug-likeness (QED) is 0.247. The molecule has 14 heteroatoms. The molecule has 0 atom stereocenters. The van der Waals surface area contributed by atoms with Gasteiger partial charge in [-0.3, -0.25) is 14.9 Å². The maximum absolute atomic E-state index is 14.1. The highest BCUT2D eigenvalue weighted by Gasteiger charge is 2.35. The molecule has 4 aromatic rings. The average Bonchev–Trinajstić information content (AvgIpc) is 3.35. The number of rotatable bonds is 6. The Morgan fingerprint density at radius 1 is 1.00 bits per heavy atom. The number of benzene rings is 3. The van der Waals surface area contributed by atoms with Crippen LogP contribution in [0.5, 0.6) is 0 Å². The number of nitrogens with zero attached hydrogens (tertiary/aromatic N) is 2. The van der Waals surface area contributed by atoms with Crippen molar-refractivity contribution in [1.29, 1.82) is 5.26 Å². The van der Waals surface area contributed by atoms with Crippen LogP contribution in [0.2, 0.25) is 0 Å². The van der Waals surface area contributed by atoms with Crippen LogP contribution in [-0.4, -0.2) is 41.1 Å². The Morgan fingerprint density at radius 2 is 1.73 bits per heavy atom. The van der Waals surface area contributed by atoms with Crippen molar-refractivity contribution in [2.45, 2.75) is 13.1 Å². The zero-order valence-corrected chi connectivity index (χ0v) is 21.0. The van der Waals surface area contributed by atoms with Crippen molar-refractivity contribution in [3.05, 3.63) is 76.5 Å². The van der Waals surface area contributed by atoms with Gasteiger partial charge in [0.2, 0.25) is 0 Å². The summed E-state index contributed by atoms with van der Waals surface area (Å²) in [5.41, 5.74) is -3.26. The first kappa shape index (κ1) is 28.3. The molecule has 0 saturated carbocycles. The number of ketones is 1. The van der Waals surface area contributed by atoms with E-state index in [1.807, 2.05) is 0 Å². The van der Waals surface area contributed by atoms with Crippen LogP contribution in [-0.2, 0) is 10.9 Å². The molecule has 4 rings (SSSR count). The molecular formula is C27H17F3N4O7. The van der Waals surface area contributed by atoms with Crippen LogP contribution >= 0.6 is 0 Å². The summed E-state index contributed by atoms with van der Waals surface area (Å²) in [6.45, 7) is 1.13. The van der Waals surface area contributed by atoms with Crippen LogP contribution < -0.4 is 10.6 Å². The van der Waals surface area contributed by atoms with Gasteiger partial charge in [-0.05, 0) is 60.5 Å². The monoisotopic (exact) mass is 566 g/mol. The minimum Gasteiger partial charge on any atom is -0.478 e. The van der Waals surface area contributed by atoms with Gasteiger partial charge in [0, 0.05) is 11.3 Å². The minimum absolute atomic E-state index is 0.0296. The second kappa shape index (κ2) is 10.8. The van der Waals surface area contributed by atoms with E-state index < -0.39 is 46.8 Å². The summed E-state index contributed by atoms with van der Waals surface area (Å²) in [6.07, 6.45) is -5.92. The SMILES string of the molecule is COC(=O)Nc1ccc(-c2cc3c(C(=O)Nc4ccc(C#N)cc4C(=O)O)noc3cc2C(C)=O)c(C(F)(F)F)c1. The fourth-order valence-electron chi connectivity index (χ4n) is 4.00. The number of carbonyl (C=O) groups is 4. The third-order valence-corrected chi connectivity index (χ3v) is 5.88. The molecule has 2 amide bonds.